The van der Waals surface area contributed by atoms with E-state index in [-0.39, 0.29) is 24.3 Å². The van der Waals surface area contributed by atoms with E-state index >= 15 is 0 Å². The molecule has 1 rings (SSSR count). The molecule has 0 aliphatic carbocycles. The maximum Gasteiger partial charge on any atom is 0.326 e. The first-order chi connectivity index (χ1) is 15.7. The minimum absolute atomic E-state index is 0.203. The molecule has 0 radical (unpaired) electrons. The number of hydrogen-bond donors (Lipinski definition) is 7. The minimum Gasteiger partial charge on any atom is -0.480 e. The number of nitrogens with two attached hydrogens (primary N) is 2. The third-order valence-electron chi connectivity index (χ3n) is 5.77. The SMILES string of the molecule is CC(C)C(NC(=O)C1CCCN1)C(=O)NC(CCCCN)C(=O)NC(CCCCN)C(=O)O. The number of aliphatic carboxylic acids is 1. The van der Waals surface area contributed by atoms with Crippen LogP contribution in [0.2, 0.25) is 0 Å². The van der Waals surface area contributed by atoms with Crippen LogP contribution in [0.25, 0.3) is 0 Å². The fourth-order valence-corrected chi connectivity index (χ4v) is 3.74. The zero-order chi connectivity index (χ0) is 24.8. The lowest BCUT2D eigenvalue weighted by molar-refractivity contribution is -0.142. The molecule has 4 unspecified atom stereocenters. The van der Waals surface area contributed by atoms with E-state index in [0.717, 1.165) is 13.0 Å². The van der Waals surface area contributed by atoms with Gasteiger partial charge in [-0.15, -0.1) is 0 Å². The van der Waals surface area contributed by atoms with Crippen LogP contribution in [0, 0.1) is 5.92 Å². The van der Waals surface area contributed by atoms with E-state index in [1.165, 1.54) is 0 Å². The maximum absolute atomic E-state index is 13.0. The zero-order valence-electron chi connectivity index (χ0n) is 19.9. The third-order valence-corrected chi connectivity index (χ3v) is 5.77. The Balaban J connectivity index is 2.85. The van der Waals surface area contributed by atoms with Crippen LogP contribution in [0.1, 0.15) is 65.2 Å². The summed E-state index contributed by atoms with van der Waals surface area (Å²) in [4.78, 5) is 50.0. The van der Waals surface area contributed by atoms with E-state index in [9.17, 15) is 24.3 Å². The molecule has 1 aliphatic heterocycles. The first-order valence-corrected chi connectivity index (χ1v) is 12.0. The van der Waals surface area contributed by atoms with E-state index in [0.29, 0.717) is 51.6 Å². The van der Waals surface area contributed by atoms with Gasteiger partial charge in [0.2, 0.25) is 17.7 Å². The van der Waals surface area contributed by atoms with Crippen LogP contribution in [0.15, 0.2) is 0 Å². The van der Waals surface area contributed by atoms with Gasteiger partial charge in [-0.05, 0) is 76.9 Å². The molecule has 11 heteroatoms. The Bertz CT molecular complexity index is 639. The van der Waals surface area contributed by atoms with Crippen molar-refractivity contribution in [1.29, 1.82) is 0 Å². The Morgan fingerprint density at radius 1 is 0.909 bits per heavy atom. The lowest BCUT2D eigenvalue weighted by atomic mass is 10.0. The molecule has 0 spiro atoms. The van der Waals surface area contributed by atoms with Gasteiger partial charge in [0, 0.05) is 0 Å². The Hall–Kier alpha value is -2.24. The fourth-order valence-electron chi connectivity index (χ4n) is 3.74. The number of amides is 3. The standard InChI is InChI=1S/C22H42N6O5/c1-14(2)18(28-19(29)15-10-7-13-25-15)21(31)26-16(8-3-5-11-23)20(30)27-17(22(32)33)9-4-6-12-24/h14-18,25H,3-13,23-24H2,1-2H3,(H,26,31)(H,27,30)(H,28,29)(H,32,33). The smallest absolute Gasteiger partial charge is 0.326 e. The molecule has 0 aromatic rings. The third kappa shape index (κ3) is 10.5. The second-order valence-corrected chi connectivity index (χ2v) is 8.91. The van der Waals surface area contributed by atoms with Crippen LogP contribution in [0.4, 0.5) is 0 Å². The normalized spacial score (nSPS) is 18.4. The van der Waals surface area contributed by atoms with E-state index in [1.54, 1.807) is 0 Å². The topological polar surface area (TPSA) is 189 Å². The molecule has 1 heterocycles. The number of carboxylic acid groups (broad SMARTS) is 1. The maximum atomic E-state index is 13.0. The molecule has 0 aromatic heterocycles. The predicted octanol–water partition coefficient (Wildman–Crippen LogP) is -0.809. The quantitative estimate of drug-likeness (QED) is 0.143. The Morgan fingerprint density at radius 2 is 1.48 bits per heavy atom. The van der Waals surface area contributed by atoms with E-state index in [1.807, 2.05) is 13.8 Å². The van der Waals surface area contributed by atoms with Crippen LogP contribution >= 0.6 is 0 Å². The average molecular weight is 471 g/mol. The molecule has 0 saturated carbocycles. The van der Waals surface area contributed by atoms with Crippen LogP contribution in [0.5, 0.6) is 0 Å². The van der Waals surface area contributed by atoms with Gasteiger partial charge in [0.15, 0.2) is 0 Å². The van der Waals surface area contributed by atoms with Crippen molar-refractivity contribution in [2.75, 3.05) is 19.6 Å². The van der Waals surface area contributed by atoms with Gasteiger partial charge >= 0.3 is 5.97 Å². The molecule has 4 atom stereocenters. The molecule has 3 amide bonds. The first kappa shape index (κ1) is 28.8. The average Bonchev–Trinajstić information content (AvgIpc) is 3.30. The summed E-state index contributed by atoms with van der Waals surface area (Å²) in [7, 11) is 0. The summed E-state index contributed by atoms with van der Waals surface area (Å²) in [6, 6.07) is -3.13. The monoisotopic (exact) mass is 470 g/mol. The highest BCUT2D eigenvalue weighted by atomic mass is 16.4. The Labute approximate surface area is 196 Å². The summed E-state index contributed by atoms with van der Waals surface area (Å²) in [6.07, 6.45) is 4.64. The van der Waals surface area contributed by atoms with Gasteiger partial charge in [0.05, 0.1) is 6.04 Å². The summed E-state index contributed by atoms with van der Waals surface area (Å²) in [6.45, 7) is 5.27. The van der Waals surface area contributed by atoms with Crippen LogP contribution in [-0.4, -0.2) is 72.6 Å². The Morgan fingerprint density at radius 3 is 1.97 bits per heavy atom. The lowest BCUT2D eigenvalue weighted by Gasteiger charge is -2.27. The van der Waals surface area contributed by atoms with Gasteiger partial charge in [0.25, 0.3) is 0 Å². The van der Waals surface area contributed by atoms with Gasteiger partial charge in [-0.25, -0.2) is 4.79 Å². The van der Waals surface area contributed by atoms with Crippen molar-refractivity contribution in [2.45, 2.75) is 89.4 Å². The Kier molecular flexibility index (Phi) is 13.6. The van der Waals surface area contributed by atoms with Gasteiger partial charge in [0.1, 0.15) is 18.1 Å². The summed E-state index contributed by atoms with van der Waals surface area (Å²) >= 11 is 0. The molecule has 1 aliphatic rings. The fraction of sp³-hybridized carbons (Fsp3) is 0.818. The molecule has 0 aromatic carbocycles. The number of nitrogens with one attached hydrogen (secondary N) is 4. The molecule has 33 heavy (non-hydrogen) atoms. The van der Waals surface area contributed by atoms with Crippen molar-refractivity contribution in [3.8, 4) is 0 Å². The number of hydrogen-bond acceptors (Lipinski definition) is 7. The number of carboxylic acids is 1. The van der Waals surface area contributed by atoms with E-state index in [4.69, 9.17) is 11.5 Å². The van der Waals surface area contributed by atoms with Crippen molar-refractivity contribution in [2.24, 2.45) is 17.4 Å². The van der Waals surface area contributed by atoms with Gasteiger partial charge in [-0.1, -0.05) is 13.8 Å². The van der Waals surface area contributed by atoms with Crippen molar-refractivity contribution >= 4 is 23.7 Å². The van der Waals surface area contributed by atoms with E-state index < -0.39 is 35.9 Å². The number of unbranched alkanes of at least 4 members (excludes halogenated alkanes) is 2. The lowest BCUT2D eigenvalue weighted by Crippen LogP contribution is -2.58. The zero-order valence-corrected chi connectivity index (χ0v) is 19.9. The number of carbonyl (C=O) groups is 4. The second-order valence-electron chi connectivity index (χ2n) is 8.91. The minimum atomic E-state index is -1.14. The molecule has 190 valence electrons. The van der Waals surface area contributed by atoms with Crippen LogP contribution in [-0.2, 0) is 19.2 Å². The summed E-state index contributed by atoms with van der Waals surface area (Å²) < 4.78 is 0. The van der Waals surface area contributed by atoms with Crippen molar-refractivity contribution in [1.82, 2.24) is 21.3 Å². The van der Waals surface area contributed by atoms with Crippen LogP contribution < -0.4 is 32.7 Å². The molecular formula is C22H42N6O5. The highest BCUT2D eigenvalue weighted by Crippen LogP contribution is 2.10. The van der Waals surface area contributed by atoms with Crippen LogP contribution in [0.3, 0.4) is 0 Å². The van der Waals surface area contributed by atoms with Crippen molar-refractivity contribution < 1.29 is 24.3 Å². The first-order valence-electron chi connectivity index (χ1n) is 12.0. The predicted molar refractivity (Wildman–Crippen MR) is 125 cm³/mol. The van der Waals surface area contributed by atoms with Gasteiger partial charge in [-0.2, -0.15) is 0 Å². The largest absolute Gasteiger partial charge is 0.480 e. The van der Waals surface area contributed by atoms with Gasteiger partial charge < -0.3 is 37.8 Å². The molecule has 1 fully saturated rings. The van der Waals surface area contributed by atoms with Crippen molar-refractivity contribution in [3.63, 3.8) is 0 Å². The summed E-state index contributed by atoms with van der Waals surface area (Å²) in [5, 5.41) is 20.6. The number of rotatable bonds is 16. The highest BCUT2D eigenvalue weighted by molar-refractivity contribution is 5.94. The molecule has 11 nitrogen and oxygen atoms in total. The highest BCUT2D eigenvalue weighted by Gasteiger charge is 2.32. The van der Waals surface area contributed by atoms with Gasteiger partial charge in [-0.3, -0.25) is 14.4 Å². The summed E-state index contributed by atoms with van der Waals surface area (Å²) in [5.74, 6) is -2.61. The number of carbonyl (C=O) groups excluding carboxylic acids is 3. The second kappa shape index (κ2) is 15.6. The van der Waals surface area contributed by atoms with Crippen molar-refractivity contribution in [3.05, 3.63) is 0 Å². The van der Waals surface area contributed by atoms with E-state index in [2.05, 4.69) is 21.3 Å². The molecule has 1 saturated heterocycles. The molecular weight excluding hydrogens is 428 g/mol. The molecule has 0 bridgehead atoms. The molecule has 9 N–H and O–H groups in total. The summed E-state index contributed by atoms with van der Waals surface area (Å²) in [5.41, 5.74) is 11.0.